The monoisotopic (exact) mass is 207 g/mol. The average Bonchev–Trinajstić information content (AvgIpc) is 2.27. The van der Waals surface area contributed by atoms with E-state index in [-0.39, 0.29) is 0 Å². The number of hydrogen-bond acceptors (Lipinski definition) is 2. The molecule has 2 heteroatoms. The quantitative estimate of drug-likeness (QED) is 0.567. The summed E-state index contributed by atoms with van der Waals surface area (Å²) in [5.74, 6) is 0.715. The fraction of sp³-hybridized carbons (Fsp3) is 0.538. The highest BCUT2D eigenvalue weighted by Gasteiger charge is 2.14. The maximum Gasteiger partial charge on any atom is 0.112 e. The van der Waals surface area contributed by atoms with E-state index in [9.17, 15) is 0 Å². The number of allylic oxidation sites excluding steroid dienone is 3. The predicted octanol–water partition coefficient (Wildman–Crippen LogP) is 3.27. The minimum Gasteiger partial charge on any atom is -0.491 e. The lowest BCUT2D eigenvalue weighted by Crippen LogP contribution is -2.15. The zero-order chi connectivity index (χ0) is 11.1. The van der Waals surface area contributed by atoms with Gasteiger partial charge in [0, 0.05) is 5.70 Å². The van der Waals surface area contributed by atoms with Gasteiger partial charge in [-0.25, -0.2) is 0 Å². The second kappa shape index (κ2) is 6.33. The Balaban J connectivity index is 2.31. The van der Waals surface area contributed by atoms with E-state index in [1.54, 1.807) is 0 Å². The minimum absolute atomic E-state index is 0.364. The lowest BCUT2D eigenvalue weighted by atomic mass is 9.98. The van der Waals surface area contributed by atoms with Gasteiger partial charge in [0.25, 0.3) is 0 Å². The van der Waals surface area contributed by atoms with Crippen LogP contribution in [0.4, 0.5) is 0 Å². The second-order valence-corrected chi connectivity index (χ2v) is 3.97. The normalized spacial score (nSPS) is 19.4. The van der Waals surface area contributed by atoms with Crippen LogP contribution in [0, 0.1) is 0 Å². The highest BCUT2D eigenvalue weighted by Crippen LogP contribution is 2.22. The molecule has 0 heterocycles. The van der Waals surface area contributed by atoms with Crippen LogP contribution in [-0.2, 0) is 4.74 Å². The molecule has 15 heavy (non-hydrogen) atoms. The molecule has 0 aromatic heterocycles. The Morgan fingerprint density at radius 2 is 1.93 bits per heavy atom. The van der Waals surface area contributed by atoms with Gasteiger partial charge in [0.05, 0.1) is 6.10 Å². The summed E-state index contributed by atoms with van der Waals surface area (Å²) in [4.78, 5) is 0. The van der Waals surface area contributed by atoms with Crippen molar-refractivity contribution in [2.75, 3.05) is 0 Å². The molecule has 0 aliphatic heterocycles. The topological polar surface area (TPSA) is 35.2 Å². The molecule has 1 aliphatic carbocycles. The first-order chi connectivity index (χ1) is 7.22. The van der Waals surface area contributed by atoms with Gasteiger partial charge in [0.2, 0.25) is 0 Å². The molecule has 1 aliphatic rings. The fourth-order valence-corrected chi connectivity index (χ4v) is 1.72. The van der Waals surface area contributed by atoms with Crippen LogP contribution in [0.2, 0.25) is 0 Å². The summed E-state index contributed by atoms with van der Waals surface area (Å²) < 4.78 is 5.72. The van der Waals surface area contributed by atoms with Crippen LogP contribution in [0.25, 0.3) is 0 Å². The van der Waals surface area contributed by atoms with Crippen molar-refractivity contribution in [3.63, 3.8) is 0 Å². The van der Waals surface area contributed by atoms with Gasteiger partial charge in [-0.3, -0.25) is 0 Å². The van der Waals surface area contributed by atoms with Crippen molar-refractivity contribution in [2.24, 2.45) is 5.73 Å². The third kappa shape index (κ3) is 4.73. The van der Waals surface area contributed by atoms with Gasteiger partial charge in [-0.15, -0.1) is 0 Å². The van der Waals surface area contributed by atoms with Crippen molar-refractivity contribution >= 4 is 0 Å². The highest BCUT2D eigenvalue weighted by atomic mass is 16.5. The van der Waals surface area contributed by atoms with E-state index >= 15 is 0 Å². The van der Waals surface area contributed by atoms with Crippen LogP contribution in [0.5, 0.6) is 0 Å². The molecule has 84 valence electrons. The van der Waals surface area contributed by atoms with Gasteiger partial charge in [0.1, 0.15) is 5.76 Å². The molecule has 0 atom stereocenters. The molecule has 0 aromatic rings. The van der Waals surface area contributed by atoms with Crippen molar-refractivity contribution in [1.29, 1.82) is 0 Å². The van der Waals surface area contributed by atoms with Crippen LogP contribution in [0.15, 0.2) is 36.3 Å². The molecule has 0 unspecified atom stereocenters. The third-order valence-electron chi connectivity index (χ3n) is 2.67. The maximum absolute atomic E-state index is 5.72. The first-order valence-electron chi connectivity index (χ1n) is 5.68. The van der Waals surface area contributed by atoms with E-state index in [0.717, 1.165) is 18.5 Å². The zero-order valence-electron chi connectivity index (χ0n) is 9.54. The molecular weight excluding hydrogens is 186 g/mol. The van der Waals surface area contributed by atoms with Gasteiger partial charge in [-0.1, -0.05) is 19.1 Å². The number of ether oxygens (including phenoxy) is 1. The molecule has 1 fully saturated rings. The van der Waals surface area contributed by atoms with E-state index < -0.39 is 0 Å². The Morgan fingerprint density at radius 3 is 2.53 bits per heavy atom. The summed E-state index contributed by atoms with van der Waals surface area (Å²) in [7, 11) is 0. The first kappa shape index (κ1) is 11.9. The first-order valence-corrected chi connectivity index (χ1v) is 5.68. The molecule has 0 saturated heterocycles. The number of rotatable bonds is 4. The predicted molar refractivity (Wildman–Crippen MR) is 64.2 cm³/mol. The molecular formula is C13H21NO. The third-order valence-corrected chi connectivity index (χ3v) is 2.67. The Morgan fingerprint density at radius 1 is 1.27 bits per heavy atom. The molecule has 1 saturated carbocycles. The van der Waals surface area contributed by atoms with E-state index in [1.807, 2.05) is 25.2 Å². The van der Waals surface area contributed by atoms with Gasteiger partial charge < -0.3 is 10.5 Å². The fourth-order valence-electron chi connectivity index (χ4n) is 1.72. The summed E-state index contributed by atoms with van der Waals surface area (Å²) in [6.07, 6.45) is 12.1. The van der Waals surface area contributed by atoms with Gasteiger partial charge in [-0.2, -0.15) is 0 Å². The smallest absolute Gasteiger partial charge is 0.112 e. The largest absolute Gasteiger partial charge is 0.491 e. The number of nitrogens with two attached hydrogens (primary N) is 1. The van der Waals surface area contributed by atoms with Crippen molar-refractivity contribution in [3.8, 4) is 0 Å². The zero-order valence-corrected chi connectivity index (χ0v) is 9.54. The molecule has 1 rings (SSSR count). The van der Waals surface area contributed by atoms with Crippen LogP contribution in [0.1, 0.15) is 39.0 Å². The summed E-state index contributed by atoms with van der Waals surface area (Å²) in [5.41, 5.74) is 6.37. The molecule has 0 spiro atoms. The summed E-state index contributed by atoms with van der Waals surface area (Å²) in [5, 5.41) is 0. The van der Waals surface area contributed by atoms with Crippen molar-refractivity contribution in [1.82, 2.24) is 0 Å². The van der Waals surface area contributed by atoms with E-state index in [0.29, 0.717) is 11.9 Å². The standard InChI is InChI=1S/C13H21NO/c1-3-12(14)10-9-11(2)15-13-7-5-4-6-8-13/h3,9-10,13H,2,4-8,14H2,1H3/b10-9-,12-3+. The summed E-state index contributed by atoms with van der Waals surface area (Å²) in [6, 6.07) is 0. The van der Waals surface area contributed by atoms with Gasteiger partial charge in [-0.05, 0) is 44.8 Å². The van der Waals surface area contributed by atoms with Crippen LogP contribution >= 0.6 is 0 Å². The highest BCUT2D eigenvalue weighted by molar-refractivity contribution is 5.20. The molecule has 0 amide bonds. The van der Waals surface area contributed by atoms with E-state index in [2.05, 4.69) is 6.58 Å². The minimum atomic E-state index is 0.364. The Hall–Kier alpha value is -1.18. The van der Waals surface area contributed by atoms with Gasteiger partial charge >= 0.3 is 0 Å². The summed E-state index contributed by atoms with van der Waals surface area (Å²) in [6.45, 7) is 5.77. The van der Waals surface area contributed by atoms with Crippen molar-refractivity contribution < 1.29 is 4.74 Å². The Kier molecular flexibility index (Phi) is 5.02. The SMILES string of the molecule is C=C(/C=C\C(N)=C/C)OC1CCCCC1. The Bertz CT molecular complexity index is 260. The molecule has 0 radical (unpaired) electrons. The Labute approximate surface area is 92.5 Å². The van der Waals surface area contributed by atoms with Crippen LogP contribution in [-0.4, -0.2) is 6.10 Å². The molecule has 0 aromatic carbocycles. The van der Waals surface area contributed by atoms with E-state index in [4.69, 9.17) is 10.5 Å². The molecule has 0 bridgehead atoms. The van der Waals surface area contributed by atoms with Crippen molar-refractivity contribution in [3.05, 3.63) is 36.3 Å². The maximum atomic E-state index is 5.72. The van der Waals surface area contributed by atoms with Crippen LogP contribution in [0.3, 0.4) is 0 Å². The van der Waals surface area contributed by atoms with Crippen LogP contribution < -0.4 is 5.73 Å². The number of hydrogen-bond donors (Lipinski definition) is 1. The lowest BCUT2D eigenvalue weighted by Gasteiger charge is -2.22. The summed E-state index contributed by atoms with van der Waals surface area (Å²) >= 11 is 0. The van der Waals surface area contributed by atoms with Crippen molar-refractivity contribution in [2.45, 2.75) is 45.1 Å². The van der Waals surface area contributed by atoms with Gasteiger partial charge in [0.15, 0.2) is 0 Å². The lowest BCUT2D eigenvalue weighted by molar-refractivity contribution is 0.0909. The molecule has 2 N–H and O–H groups in total. The second-order valence-electron chi connectivity index (χ2n) is 3.97. The average molecular weight is 207 g/mol. The van der Waals surface area contributed by atoms with E-state index in [1.165, 1.54) is 19.3 Å². The molecule has 2 nitrogen and oxygen atoms in total.